The molecule has 0 saturated carbocycles. The predicted octanol–water partition coefficient (Wildman–Crippen LogP) is 3.99. The molecule has 4 heteroatoms. The molecule has 1 amide bonds. The van der Waals surface area contributed by atoms with E-state index >= 15 is 0 Å². The lowest BCUT2D eigenvalue weighted by Crippen LogP contribution is -2.30. The second-order valence-electron chi connectivity index (χ2n) is 5.75. The summed E-state index contributed by atoms with van der Waals surface area (Å²) in [5, 5.41) is 7.57. The summed E-state index contributed by atoms with van der Waals surface area (Å²) in [6, 6.07) is 0. The number of hydrogen-bond donors (Lipinski definition) is 2. The highest BCUT2D eigenvalue weighted by atomic mass is 16.2. The Bertz CT molecular complexity index is 267. The van der Waals surface area contributed by atoms with Gasteiger partial charge in [0.05, 0.1) is 5.92 Å². The zero-order valence-corrected chi connectivity index (χ0v) is 14.9. The van der Waals surface area contributed by atoms with Crippen molar-refractivity contribution >= 4 is 11.7 Å². The third kappa shape index (κ3) is 15.5. The van der Waals surface area contributed by atoms with E-state index in [-0.39, 0.29) is 12.4 Å². The number of aliphatic hydroxyl groups excluding tert-OH is 1. The Balaban J connectivity index is 0. The molecule has 22 heavy (non-hydrogen) atoms. The van der Waals surface area contributed by atoms with Gasteiger partial charge in [0.15, 0.2) is 0 Å². The van der Waals surface area contributed by atoms with E-state index in [9.17, 15) is 9.59 Å². The zero-order valence-electron chi connectivity index (χ0n) is 14.9. The SMILES string of the molecule is CCCCCCCC(=O)C(CCCCCC)C(N)=O.CCO. The fourth-order valence-electron chi connectivity index (χ4n) is 2.31. The van der Waals surface area contributed by atoms with Crippen LogP contribution in [0.2, 0.25) is 0 Å². The highest BCUT2D eigenvalue weighted by Gasteiger charge is 2.22. The van der Waals surface area contributed by atoms with Crippen molar-refractivity contribution < 1.29 is 14.7 Å². The molecule has 0 aromatic rings. The van der Waals surface area contributed by atoms with Crippen LogP contribution in [0.15, 0.2) is 0 Å². The molecule has 0 fully saturated rings. The summed E-state index contributed by atoms with van der Waals surface area (Å²) in [5.41, 5.74) is 5.34. The van der Waals surface area contributed by atoms with Crippen molar-refractivity contribution in [2.24, 2.45) is 11.7 Å². The molecule has 0 aliphatic heterocycles. The lowest BCUT2D eigenvalue weighted by atomic mass is 9.92. The Morgan fingerprint density at radius 2 is 1.32 bits per heavy atom. The van der Waals surface area contributed by atoms with Crippen LogP contribution in [0.3, 0.4) is 0 Å². The number of Topliss-reactive ketones (excluding diaryl/α,β-unsaturated/α-hetero) is 1. The van der Waals surface area contributed by atoms with Crippen molar-refractivity contribution in [2.75, 3.05) is 6.61 Å². The van der Waals surface area contributed by atoms with Gasteiger partial charge in [-0.3, -0.25) is 9.59 Å². The Labute approximate surface area is 136 Å². The van der Waals surface area contributed by atoms with E-state index in [1.54, 1.807) is 6.92 Å². The molecule has 0 aromatic carbocycles. The van der Waals surface area contributed by atoms with Crippen LogP contribution < -0.4 is 5.73 Å². The van der Waals surface area contributed by atoms with Gasteiger partial charge < -0.3 is 10.8 Å². The van der Waals surface area contributed by atoms with Gasteiger partial charge in [0.1, 0.15) is 5.78 Å². The molecule has 0 aliphatic rings. The largest absolute Gasteiger partial charge is 0.397 e. The summed E-state index contributed by atoms with van der Waals surface area (Å²) in [5.74, 6) is -0.918. The van der Waals surface area contributed by atoms with Crippen LogP contribution in [0.4, 0.5) is 0 Å². The minimum atomic E-state index is -0.539. The number of hydrogen-bond acceptors (Lipinski definition) is 3. The summed E-state index contributed by atoms with van der Waals surface area (Å²) in [7, 11) is 0. The van der Waals surface area contributed by atoms with E-state index < -0.39 is 11.8 Å². The Kier molecular flexibility index (Phi) is 19.3. The van der Waals surface area contributed by atoms with Crippen molar-refractivity contribution in [1.29, 1.82) is 0 Å². The van der Waals surface area contributed by atoms with Crippen molar-refractivity contribution in [3.8, 4) is 0 Å². The smallest absolute Gasteiger partial charge is 0.227 e. The van der Waals surface area contributed by atoms with Gasteiger partial charge in [-0.1, -0.05) is 65.2 Å². The summed E-state index contributed by atoms with van der Waals surface area (Å²) in [6.07, 6.45) is 11.1. The highest BCUT2D eigenvalue weighted by Crippen LogP contribution is 2.15. The van der Waals surface area contributed by atoms with E-state index in [2.05, 4.69) is 13.8 Å². The van der Waals surface area contributed by atoms with Crippen molar-refractivity contribution in [2.45, 2.75) is 91.4 Å². The number of unbranched alkanes of at least 4 members (excludes halogenated alkanes) is 7. The first-order valence-corrected chi connectivity index (χ1v) is 8.97. The van der Waals surface area contributed by atoms with Crippen molar-refractivity contribution in [1.82, 2.24) is 0 Å². The monoisotopic (exact) mass is 315 g/mol. The molecule has 0 bridgehead atoms. The van der Waals surface area contributed by atoms with Gasteiger partial charge in [-0.2, -0.15) is 0 Å². The van der Waals surface area contributed by atoms with Crippen LogP contribution >= 0.6 is 0 Å². The van der Waals surface area contributed by atoms with E-state index in [0.717, 1.165) is 38.5 Å². The summed E-state index contributed by atoms with van der Waals surface area (Å²) >= 11 is 0. The lowest BCUT2D eigenvalue weighted by Gasteiger charge is -2.12. The molecule has 0 rings (SSSR count). The van der Waals surface area contributed by atoms with Crippen LogP contribution in [-0.2, 0) is 9.59 Å². The molecule has 0 aromatic heterocycles. The average molecular weight is 315 g/mol. The van der Waals surface area contributed by atoms with Crippen LogP contribution in [0, 0.1) is 5.92 Å². The average Bonchev–Trinajstić information content (AvgIpc) is 2.47. The molecule has 0 saturated heterocycles. The van der Waals surface area contributed by atoms with Gasteiger partial charge in [-0.15, -0.1) is 0 Å². The normalized spacial score (nSPS) is 11.5. The molecule has 0 aliphatic carbocycles. The summed E-state index contributed by atoms with van der Waals surface area (Å²) in [4.78, 5) is 23.3. The molecule has 0 radical (unpaired) electrons. The first kappa shape index (κ1) is 23.4. The number of carbonyl (C=O) groups excluding carboxylic acids is 2. The van der Waals surface area contributed by atoms with Gasteiger partial charge in [0.2, 0.25) is 5.91 Å². The highest BCUT2D eigenvalue weighted by molar-refractivity contribution is 6.00. The Morgan fingerprint density at radius 1 is 0.864 bits per heavy atom. The summed E-state index contributed by atoms with van der Waals surface area (Å²) < 4.78 is 0. The quantitative estimate of drug-likeness (QED) is 0.398. The van der Waals surface area contributed by atoms with Crippen LogP contribution in [0.5, 0.6) is 0 Å². The van der Waals surface area contributed by atoms with Crippen molar-refractivity contribution in [3.63, 3.8) is 0 Å². The zero-order chi connectivity index (χ0) is 17.2. The molecule has 132 valence electrons. The number of carbonyl (C=O) groups is 2. The number of primary amides is 1. The molecule has 3 N–H and O–H groups in total. The summed E-state index contributed by atoms with van der Waals surface area (Å²) in [6.45, 7) is 6.25. The molecule has 0 heterocycles. The van der Waals surface area contributed by atoms with E-state index in [1.165, 1.54) is 19.3 Å². The minimum absolute atomic E-state index is 0.0560. The Hall–Kier alpha value is -0.900. The first-order valence-electron chi connectivity index (χ1n) is 8.97. The molecular formula is C18H37NO3. The maximum absolute atomic E-state index is 12.0. The molecule has 4 nitrogen and oxygen atoms in total. The number of rotatable bonds is 13. The number of amides is 1. The fraction of sp³-hybridized carbons (Fsp3) is 0.889. The third-order valence-corrected chi connectivity index (χ3v) is 3.61. The van der Waals surface area contributed by atoms with Gasteiger partial charge in [0, 0.05) is 13.0 Å². The maximum atomic E-state index is 12.0. The fourth-order valence-corrected chi connectivity index (χ4v) is 2.31. The molecule has 1 atom stereocenters. The maximum Gasteiger partial charge on any atom is 0.227 e. The van der Waals surface area contributed by atoms with Gasteiger partial charge >= 0.3 is 0 Å². The first-order chi connectivity index (χ1) is 10.5. The van der Waals surface area contributed by atoms with Crippen LogP contribution in [-0.4, -0.2) is 23.4 Å². The molecular weight excluding hydrogens is 278 g/mol. The second kappa shape index (κ2) is 18.1. The van der Waals surface area contributed by atoms with E-state index in [0.29, 0.717) is 12.8 Å². The number of nitrogens with two attached hydrogens (primary N) is 1. The van der Waals surface area contributed by atoms with Crippen LogP contribution in [0.1, 0.15) is 91.4 Å². The molecule has 0 spiro atoms. The van der Waals surface area contributed by atoms with Gasteiger partial charge in [-0.25, -0.2) is 0 Å². The minimum Gasteiger partial charge on any atom is -0.397 e. The standard InChI is InChI=1S/C16H31NO2.C2H6O/c1-3-5-7-9-11-13-15(18)14(16(17)19)12-10-8-6-4-2;1-2-3/h14H,3-13H2,1-2H3,(H2,17,19);3H,2H2,1H3. The third-order valence-electron chi connectivity index (χ3n) is 3.61. The lowest BCUT2D eigenvalue weighted by molar-refractivity contribution is -0.132. The topological polar surface area (TPSA) is 80.4 Å². The van der Waals surface area contributed by atoms with Gasteiger partial charge in [-0.05, 0) is 19.8 Å². The Morgan fingerprint density at radius 3 is 1.77 bits per heavy atom. The molecule has 1 unspecified atom stereocenters. The van der Waals surface area contributed by atoms with E-state index in [4.69, 9.17) is 10.8 Å². The van der Waals surface area contributed by atoms with E-state index in [1.807, 2.05) is 0 Å². The van der Waals surface area contributed by atoms with Crippen LogP contribution in [0.25, 0.3) is 0 Å². The number of aliphatic hydroxyl groups is 1. The van der Waals surface area contributed by atoms with Gasteiger partial charge in [0.25, 0.3) is 0 Å². The number of ketones is 1. The predicted molar refractivity (Wildman–Crippen MR) is 92.6 cm³/mol. The second-order valence-corrected chi connectivity index (χ2v) is 5.75. The van der Waals surface area contributed by atoms with Crippen molar-refractivity contribution in [3.05, 3.63) is 0 Å².